The average molecular weight is 248 g/mol. The first-order valence-electron chi connectivity index (χ1n) is 6.33. The van der Waals surface area contributed by atoms with Crippen molar-refractivity contribution in [1.82, 2.24) is 4.90 Å². The summed E-state index contributed by atoms with van der Waals surface area (Å²) in [4.78, 5) is 13.6. The SMILES string of the molecule is NC(=O)c1cccc(NCCN2CCCC2)c1N. The first kappa shape index (κ1) is 12.7. The van der Waals surface area contributed by atoms with Crippen LogP contribution in [-0.4, -0.2) is 37.0 Å². The molecule has 1 aliphatic heterocycles. The smallest absolute Gasteiger partial charge is 0.250 e. The van der Waals surface area contributed by atoms with Gasteiger partial charge in [-0.3, -0.25) is 4.79 Å². The number of para-hydroxylation sites is 1. The van der Waals surface area contributed by atoms with Gasteiger partial charge in [-0.15, -0.1) is 0 Å². The van der Waals surface area contributed by atoms with Crippen molar-refractivity contribution < 1.29 is 4.79 Å². The molecule has 98 valence electrons. The highest BCUT2D eigenvalue weighted by Crippen LogP contribution is 2.22. The molecular weight excluding hydrogens is 228 g/mol. The maximum Gasteiger partial charge on any atom is 0.250 e. The van der Waals surface area contributed by atoms with Crippen LogP contribution in [0.2, 0.25) is 0 Å². The fraction of sp³-hybridized carbons (Fsp3) is 0.462. The van der Waals surface area contributed by atoms with Crippen LogP contribution in [0.25, 0.3) is 0 Å². The second-order valence-electron chi connectivity index (χ2n) is 4.61. The highest BCUT2D eigenvalue weighted by atomic mass is 16.1. The van der Waals surface area contributed by atoms with E-state index in [-0.39, 0.29) is 0 Å². The number of benzene rings is 1. The van der Waals surface area contributed by atoms with E-state index < -0.39 is 5.91 Å². The zero-order valence-electron chi connectivity index (χ0n) is 10.5. The van der Waals surface area contributed by atoms with E-state index >= 15 is 0 Å². The van der Waals surface area contributed by atoms with Crippen LogP contribution >= 0.6 is 0 Å². The molecule has 0 aromatic heterocycles. The number of likely N-dealkylation sites (tertiary alicyclic amines) is 1. The van der Waals surface area contributed by atoms with Crippen LogP contribution in [0.1, 0.15) is 23.2 Å². The van der Waals surface area contributed by atoms with Gasteiger partial charge in [0.25, 0.3) is 5.91 Å². The number of carbonyl (C=O) groups excluding carboxylic acids is 1. The zero-order valence-corrected chi connectivity index (χ0v) is 10.5. The lowest BCUT2D eigenvalue weighted by Crippen LogP contribution is -2.26. The van der Waals surface area contributed by atoms with Crippen molar-refractivity contribution in [3.63, 3.8) is 0 Å². The molecule has 18 heavy (non-hydrogen) atoms. The summed E-state index contributed by atoms with van der Waals surface area (Å²) < 4.78 is 0. The molecule has 5 N–H and O–H groups in total. The van der Waals surface area contributed by atoms with Crippen LogP contribution in [0.3, 0.4) is 0 Å². The molecule has 1 saturated heterocycles. The van der Waals surface area contributed by atoms with Crippen molar-refractivity contribution >= 4 is 17.3 Å². The molecule has 0 unspecified atom stereocenters. The maximum atomic E-state index is 11.2. The number of rotatable bonds is 5. The first-order valence-corrected chi connectivity index (χ1v) is 6.33. The van der Waals surface area contributed by atoms with Crippen LogP contribution in [0.15, 0.2) is 18.2 Å². The van der Waals surface area contributed by atoms with Crippen molar-refractivity contribution in [2.45, 2.75) is 12.8 Å². The van der Waals surface area contributed by atoms with Crippen LogP contribution in [0, 0.1) is 0 Å². The Bertz CT molecular complexity index is 427. The summed E-state index contributed by atoms with van der Waals surface area (Å²) in [6.45, 7) is 4.18. The second-order valence-corrected chi connectivity index (χ2v) is 4.61. The molecule has 1 fully saturated rings. The van der Waals surface area contributed by atoms with Crippen molar-refractivity contribution in [3.05, 3.63) is 23.8 Å². The van der Waals surface area contributed by atoms with Gasteiger partial charge in [-0.25, -0.2) is 0 Å². The van der Waals surface area contributed by atoms with Gasteiger partial charge < -0.3 is 21.7 Å². The summed E-state index contributed by atoms with van der Waals surface area (Å²) in [5.41, 5.74) is 12.8. The molecule has 1 aromatic rings. The van der Waals surface area contributed by atoms with Crippen LogP contribution in [-0.2, 0) is 0 Å². The van der Waals surface area contributed by atoms with Crippen molar-refractivity contribution in [2.24, 2.45) is 5.73 Å². The van der Waals surface area contributed by atoms with Gasteiger partial charge in [0.15, 0.2) is 0 Å². The molecule has 5 heteroatoms. The molecule has 0 aliphatic carbocycles. The largest absolute Gasteiger partial charge is 0.396 e. The molecular formula is C13H20N4O. The van der Waals surface area contributed by atoms with Gasteiger partial charge >= 0.3 is 0 Å². The van der Waals surface area contributed by atoms with E-state index in [1.165, 1.54) is 25.9 Å². The number of nitrogens with two attached hydrogens (primary N) is 2. The predicted octanol–water partition coefficient (Wildman–Crippen LogP) is 0.875. The number of carbonyl (C=O) groups is 1. The Kier molecular flexibility index (Phi) is 4.04. The molecule has 0 atom stereocenters. The van der Waals surface area contributed by atoms with E-state index in [0.29, 0.717) is 11.3 Å². The molecule has 1 heterocycles. The number of primary amides is 1. The minimum absolute atomic E-state index is 0.376. The van der Waals surface area contributed by atoms with E-state index in [0.717, 1.165) is 18.8 Å². The Balaban J connectivity index is 1.92. The van der Waals surface area contributed by atoms with E-state index in [4.69, 9.17) is 11.5 Å². The summed E-state index contributed by atoms with van der Waals surface area (Å²) >= 11 is 0. The molecule has 5 nitrogen and oxygen atoms in total. The van der Waals surface area contributed by atoms with Crippen LogP contribution in [0.4, 0.5) is 11.4 Å². The standard InChI is InChI=1S/C13H20N4O/c14-12-10(13(15)18)4-3-5-11(12)16-6-9-17-7-1-2-8-17/h3-5,16H,1-2,6-9,14H2,(H2,15,18). The van der Waals surface area contributed by atoms with Gasteiger partial charge in [0.05, 0.1) is 16.9 Å². The Morgan fingerprint density at radius 2 is 2.06 bits per heavy atom. The van der Waals surface area contributed by atoms with Gasteiger partial charge in [-0.05, 0) is 38.1 Å². The third-order valence-electron chi connectivity index (χ3n) is 3.31. The summed E-state index contributed by atoms with van der Waals surface area (Å²) in [5.74, 6) is -0.490. The summed E-state index contributed by atoms with van der Waals surface area (Å²) in [5, 5.41) is 3.26. The highest BCUT2D eigenvalue weighted by molar-refractivity contribution is 6.00. The number of hydrogen-bond donors (Lipinski definition) is 3. The second kappa shape index (κ2) is 5.73. The van der Waals surface area contributed by atoms with E-state index in [2.05, 4.69) is 10.2 Å². The Morgan fingerprint density at radius 1 is 1.33 bits per heavy atom. The normalized spacial score (nSPS) is 15.8. The molecule has 1 aliphatic rings. The Morgan fingerprint density at radius 3 is 2.72 bits per heavy atom. The molecule has 1 aromatic carbocycles. The summed E-state index contributed by atoms with van der Waals surface area (Å²) in [6.07, 6.45) is 2.58. The van der Waals surface area contributed by atoms with Crippen molar-refractivity contribution in [1.29, 1.82) is 0 Å². The molecule has 0 spiro atoms. The van der Waals surface area contributed by atoms with Crippen molar-refractivity contribution in [2.75, 3.05) is 37.2 Å². The molecule has 2 rings (SSSR count). The summed E-state index contributed by atoms with van der Waals surface area (Å²) in [7, 11) is 0. The fourth-order valence-electron chi connectivity index (χ4n) is 2.29. The topological polar surface area (TPSA) is 84.4 Å². The zero-order chi connectivity index (χ0) is 13.0. The molecule has 0 saturated carbocycles. The number of hydrogen-bond acceptors (Lipinski definition) is 4. The van der Waals surface area contributed by atoms with Gasteiger partial charge in [0.1, 0.15) is 0 Å². The third-order valence-corrected chi connectivity index (χ3v) is 3.31. The number of anilines is 2. The lowest BCUT2D eigenvalue weighted by atomic mass is 10.1. The van der Waals surface area contributed by atoms with E-state index in [1.54, 1.807) is 12.1 Å². The molecule has 1 amide bonds. The van der Waals surface area contributed by atoms with Crippen molar-refractivity contribution in [3.8, 4) is 0 Å². The highest BCUT2D eigenvalue weighted by Gasteiger charge is 2.12. The monoisotopic (exact) mass is 248 g/mol. The number of nitrogen functional groups attached to an aromatic ring is 1. The van der Waals surface area contributed by atoms with Gasteiger partial charge in [0, 0.05) is 13.1 Å². The third kappa shape index (κ3) is 2.92. The Labute approximate surface area is 107 Å². The fourth-order valence-corrected chi connectivity index (χ4v) is 2.29. The lowest BCUT2D eigenvalue weighted by molar-refractivity contribution is 0.100. The predicted molar refractivity (Wildman–Crippen MR) is 73.5 cm³/mol. The molecule has 0 radical (unpaired) electrons. The number of nitrogens with one attached hydrogen (secondary N) is 1. The minimum atomic E-state index is -0.490. The van der Waals surface area contributed by atoms with E-state index in [9.17, 15) is 4.79 Å². The lowest BCUT2D eigenvalue weighted by Gasteiger charge is -2.16. The minimum Gasteiger partial charge on any atom is -0.396 e. The summed E-state index contributed by atoms with van der Waals surface area (Å²) in [6, 6.07) is 5.30. The van der Waals surface area contributed by atoms with Gasteiger partial charge in [-0.1, -0.05) is 6.07 Å². The van der Waals surface area contributed by atoms with Gasteiger partial charge in [0.2, 0.25) is 0 Å². The quantitative estimate of drug-likeness (QED) is 0.675. The average Bonchev–Trinajstić information content (AvgIpc) is 2.84. The number of amides is 1. The molecule has 0 bridgehead atoms. The van der Waals surface area contributed by atoms with E-state index in [1.807, 2.05) is 6.07 Å². The Hall–Kier alpha value is -1.75. The maximum absolute atomic E-state index is 11.2. The van der Waals surface area contributed by atoms with Crippen LogP contribution in [0.5, 0.6) is 0 Å². The first-order chi connectivity index (χ1) is 8.68. The van der Waals surface area contributed by atoms with Crippen LogP contribution < -0.4 is 16.8 Å². The van der Waals surface area contributed by atoms with Gasteiger partial charge in [-0.2, -0.15) is 0 Å². The number of nitrogens with zero attached hydrogens (tertiary/aromatic N) is 1.